The lowest BCUT2D eigenvalue weighted by Gasteiger charge is -2.04. The molecule has 0 bridgehead atoms. The predicted octanol–water partition coefficient (Wildman–Crippen LogP) is 3.13. The van der Waals surface area contributed by atoms with Gasteiger partial charge in [-0.15, -0.1) is 0 Å². The van der Waals surface area contributed by atoms with Crippen LogP contribution in [0.2, 0.25) is 0 Å². The van der Waals surface area contributed by atoms with Crippen molar-refractivity contribution in [2.24, 2.45) is 0 Å². The monoisotopic (exact) mass is 224 g/mol. The van der Waals surface area contributed by atoms with Crippen molar-refractivity contribution in [2.75, 3.05) is 13.2 Å². The minimum absolute atomic E-state index is 0.167. The van der Waals surface area contributed by atoms with Crippen LogP contribution in [0.4, 0.5) is 4.39 Å². The molecule has 0 aliphatic carbocycles. The summed E-state index contributed by atoms with van der Waals surface area (Å²) in [7, 11) is 0. The summed E-state index contributed by atoms with van der Waals surface area (Å²) in [5.41, 5.74) is 1.05. The fraction of sp³-hybridized carbons (Fsp3) is 0.462. The topological polar surface area (TPSA) is 26.3 Å². The third kappa shape index (κ3) is 3.74. The van der Waals surface area contributed by atoms with Gasteiger partial charge >= 0.3 is 0 Å². The van der Waals surface area contributed by atoms with Crippen molar-refractivity contribution in [3.63, 3.8) is 0 Å². The van der Waals surface area contributed by atoms with E-state index >= 15 is 0 Å². The highest BCUT2D eigenvalue weighted by atomic mass is 19.1. The summed E-state index contributed by atoms with van der Waals surface area (Å²) in [6, 6.07) is 4.56. The number of carbonyl (C=O) groups excluding carboxylic acids is 1. The molecular weight excluding hydrogens is 207 g/mol. The second-order valence-electron chi connectivity index (χ2n) is 3.77. The van der Waals surface area contributed by atoms with Gasteiger partial charge in [0.15, 0.2) is 5.78 Å². The molecule has 0 amide bonds. The number of Topliss-reactive ketones (excluding diaryl/α,β-unsaturated/α-hetero) is 1. The van der Waals surface area contributed by atoms with Crippen LogP contribution in [-0.4, -0.2) is 19.0 Å². The van der Waals surface area contributed by atoms with Gasteiger partial charge in [-0.2, -0.15) is 0 Å². The van der Waals surface area contributed by atoms with Crippen molar-refractivity contribution in [1.29, 1.82) is 0 Å². The maximum atomic E-state index is 13.3. The van der Waals surface area contributed by atoms with Crippen LogP contribution in [0.15, 0.2) is 18.2 Å². The Morgan fingerprint density at radius 3 is 2.81 bits per heavy atom. The van der Waals surface area contributed by atoms with Crippen LogP contribution in [0.3, 0.4) is 0 Å². The Bertz CT molecular complexity index is 361. The van der Waals surface area contributed by atoms with Crippen molar-refractivity contribution in [3.8, 4) is 0 Å². The molecule has 0 atom stereocenters. The van der Waals surface area contributed by atoms with Crippen LogP contribution < -0.4 is 0 Å². The molecule has 1 aromatic carbocycles. The van der Waals surface area contributed by atoms with E-state index in [0.29, 0.717) is 13.2 Å². The van der Waals surface area contributed by atoms with E-state index in [1.54, 1.807) is 12.1 Å². The average Bonchev–Trinajstić information content (AvgIpc) is 2.27. The number of hydrogen-bond acceptors (Lipinski definition) is 2. The van der Waals surface area contributed by atoms with Crippen LogP contribution in [-0.2, 0) is 4.74 Å². The van der Waals surface area contributed by atoms with Gasteiger partial charge in [-0.05, 0) is 25.5 Å². The summed E-state index contributed by atoms with van der Waals surface area (Å²) in [5.74, 6) is -0.650. The van der Waals surface area contributed by atoms with Crippen LogP contribution in [0, 0.1) is 12.7 Å². The zero-order valence-electron chi connectivity index (χ0n) is 9.75. The Kier molecular flexibility index (Phi) is 5.12. The van der Waals surface area contributed by atoms with Crippen molar-refractivity contribution < 1.29 is 13.9 Å². The molecule has 0 spiro atoms. The van der Waals surface area contributed by atoms with Crippen LogP contribution in [0.5, 0.6) is 0 Å². The van der Waals surface area contributed by atoms with Crippen molar-refractivity contribution >= 4 is 5.78 Å². The molecule has 3 heteroatoms. The Morgan fingerprint density at radius 2 is 2.12 bits per heavy atom. The van der Waals surface area contributed by atoms with E-state index in [1.807, 2.05) is 13.8 Å². The van der Waals surface area contributed by atoms with Crippen molar-refractivity contribution in [1.82, 2.24) is 0 Å². The first kappa shape index (κ1) is 12.8. The molecule has 0 unspecified atom stereocenters. The molecule has 88 valence electrons. The number of ketones is 1. The zero-order chi connectivity index (χ0) is 12.0. The second-order valence-corrected chi connectivity index (χ2v) is 3.77. The average molecular weight is 224 g/mol. The molecule has 0 fully saturated rings. The van der Waals surface area contributed by atoms with E-state index in [-0.39, 0.29) is 17.8 Å². The molecule has 0 heterocycles. The highest BCUT2D eigenvalue weighted by Gasteiger charge is 2.11. The van der Waals surface area contributed by atoms with E-state index in [0.717, 1.165) is 12.0 Å². The van der Waals surface area contributed by atoms with Gasteiger partial charge in [-0.1, -0.05) is 18.6 Å². The number of hydrogen-bond donors (Lipinski definition) is 0. The molecule has 0 radical (unpaired) electrons. The molecule has 16 heavy (non-hydrogen) atoms. The number of benzene rings is 1. The molecule has 1 rings (SSSR count). The first-order valence-corrected chi connectivity index (χ1v) is 5.52. The van der Waals surface area contributed by atoms with E-state index < -0.39 is 5.82 Å². The zero-order valence-corrected chi connectivity index (χ0v) is 9.75. The van der Waals surface area contributed by atoms with Gasteiger partial charge in [-0.3, -0.25) is 4.79 Å². The van der Waals surface area contributed by atoms with Gasteiger partial charge in [0, 0.05) is 13.0 Å². The number of aryl methyl sites for hydroxylation is 1. The third-order valence-electron chi connectivity index (χ3n) is 2.24. The van der Waals surface area contributed by atoms with Gasteiger partial charge in [0.2, 0.25) is 0 Å². The molecule has 0 N–H and O–H groups in total. The SMILES string of the molecule is CCCOCCC(=O)c1cc(C)ccc1F. The Labute approximate surface area is 95.4 Å². The van der Waals surface area contributed by atoms with Crippen molar-refractivity contribution in [3.05, 3.63) is 35.1 Å². The lowest BCUT2D eigenvalue weighted by atomic mass is 10.1. The van der Waals surface area contributed by atoms with Gasteiger partial charge in [0.1, 0.15) is 5.82 Å². The third-order valence-corrected chi connectivity index (χ3v) is 2.24. The van der Waals surface area contributed by atoms with Gasteiger partial charge in [0.05, 0.1) is 12.2 Å². The lowest BCUT2D eigenvalue weighted by Crippen LogP contribution is -2.07. The second kappa shape index (κ2) is 6.38. The Hall–Kier alpha value is -1.22. The standard InChI is InChI=1S/C13H17FO2/c1-3-7-16-8-6-13(15)11-9-10(2)4-5-12(11)14/h4-5,9H,3,6-8H2,1-2H3. The predicted molar refractivity (Wildman–Crippen MR) is 61.2 cm³/mol. The molecule has 2 nitrogen and oxygen atoms in total. The molecule has 0 aliphatic rings. The van der Waals surface area contributed by atoms with E-state index in [4.69, 9.17) is 4.74 Å². The quantitative estimate of drug-likeness (QED) is 0.548. The van der Waals surface area contributed by atoms with Crippen LogP contribution >= 0.6 is 0 Å². The number of ether oxygens (including phenoxy) is 1. The summed E-state index contributed by atoms with van der Waals surface area (Å²) in [5, 5.41) is 0. The van der Waals surface area contributed by atoms with Gasteiger partial charge < -0.3 is 4.74 Å². The summed E-state index contributed by atoms with van der Waals surface area (Å²) in [6.07, 6.45) is 1.16. The lowest BCUT2D eigenvalue weighted by molar-refractivity contribution is 0.0875. The number of halogens is 1. The fourth-order valence-corrected chi connectivity index (χ4v) is 1.40. The Morgan fingerprint density at radius 1 is 1.38 bits per heavy atom. The maximum Gasteiger partial charge on any atom is 0.168 e. The largest absolute Gasteiger partial charge is 0.381 e. The summed E-state index contributed by atoms with van der Waals surface area (Å²) < 4.78 is 18.5. The summed E-state index contributed by atoms with van der Waals surface area (Å²) in [4.78, 5) is 11.7. The normalized spacial score (nSPS) is 10.4. The fourth-order valence-electron chi connectivity index (χ4n) is 1.40. The highest BCUT2D eigenvalue weighted by molar-refractivity contribution is 5.96. The Balaban J connectivity index is 2.55. The minimum atomic E-state index is -0.453. The molecular formula is C13H17FO2. The summed E-state index contributed by atoms with van der Waals surface area (Å²) in [6.45, 7) is 4.84. The van der Waals surface area contributed by atoms with Crippen LogP contribution in [0.1, 0.15) is 35.7 Å². The van der Waals surface area contributed by atoms with E-state index in [2.05, 4.69) is 0 Å². The molecule has 0 saturated heterocycles. The maximum absolute atomic E-state index is 13.3. The molecule has 1 aromatic rings. The van der Waals surface area contributed by atoms with Gasteiger partial charge in [0.25, 0.3) is 0 Å². The van der Waals surface area contributed by atoms with Gasteiger partial charge in [-0.25, -0.2) is 4.39 Å². The highest BCUT2D eigenvalue weighted by Crippen LogP contribution is 2.12. The number of carbonyl (C=O) groups is 1. The first-order chi connectivity index (χ1) is 7.65. The van der Waals surface area contributed by atoms with E-state index in [9.17, 15) is 9.18 Å². The summed E-state index contributed by atoms with van der Waals surface area (Å²) >= 11 is 0. The van der Waals surface area contributed by atoms with Crippen molar-refractivity contribution in [2.45, 2.75) is 26.7 Å². The number of rotatable bonds is 6. The first-order valence-electron chi connectivity index (χ1n) is 5.52. The van der Waals surface area contributed by atoms with Crippen LogP contribution in [0.25, 0.3) is 0 Å². The molecule has 0 saturated carbocycles. The smallest absolute Gasteiger partial charge is 0.168 e. The molecule has 0 aliphatic heterocycles. The minimum Gasteiger partial charge on any atom is -0.381 e. The molecule has 0 aromatic heterocycles. The van der Waals surface area contributed by atoms with E-state index in [1.165, 1.54) is 6.07 Å².